The molecule has 3 unspecified atom stereocenters. The number of carbonyl (C=O) groups excluding carboxylic acids is 1. The van der Waals surface area contributed by atoms with Crippen LogP contribution in [0.5, 0.6) is 0 Å². The average Bonchev–Trinajstić information content (AvgIpc) is 2.77. The number of esters is 1. The zero-order valence-electron chi connectivity index (χ0n) is 9.17. The Hall–Kier alpha value is -0.570. The van der Waals surface area contributed by atoms with Gasteiger partial charge in [-0.2, -0.15) is 0 Å². The topological polar surface area (TPSA) is 38.3 Å². The summed E-state index contributed by atoms with van der Waals surface area (Å²) in [6.45, 7) is 5.73. The molecule has 1 aliphatic heterocycles. The fourth-order valence-electron chi connectivity index (χ4n) is 2.05. The molecule has 2 aliphatic rings. The highest BCUT2D eigenvalue weighted by atomic mass is 16.6. The standard InChI is InChI=1S/C11H19NO2/c1-11(2,3)14-10(13)8-5-4-7-6-9(7)12-8/h7-9,12H,4-6H2,1-3H3. The summed E-state index contributed by atoms with van der Waals surface area (Å²) in [6.07, 6.45) is 3.37. The van der Waals surface area contributed by atoms with E-state index in [1.54, 1.807) is 0 Å². The van der Waals surface area contributed by atoms with Gasteiger partial charge < -0.3 is 10.1 Å². The number of rotatable bonds is 1. The summed E-state index contributed by atoms with van der Waals surface area (Å²) in [7, 11) is 0. The molecule has 1 saturated carbocycles. The molecule has 2 rings (SSSR count). The quantitative estimate of drug-likeness (QED) is 0.647. The third kappa shape index (κ3) is 2.27. The van der Waals surface area contributed by atoms with Gasteiger partial charge in [-0.3, -0.25) is 4.79 Å². The van der Waals surface area contributed by atoms with Gasteiger partial charge in [0.05, 0.1) is 0 Å². The van der Waals surface area contributed by atoms with Gasteiger partial charge in [0, 0.05) is 6.04 Å². The zero-order valence-corrected chi connectivity index (χ0v) is 9.17. The summed E-state index contributed by atoms with van der Waals surface area (Å²) in [5, 5.41) is 3.34. The van der Waals surface area contributed by atoms with E-state index in [0.29, 0.717) is 6.04 Å². The van der Waals surface area contributed by atoms with Gasteiger partial charge in [0.15, 0.2) is 0 Å². The molecule has 1 heterocycles. The van der Waals surface area contributed by atoms with E-state index in [1.807, 2.05) is 20.8 Å². The maximum atomic E-state index is 11.7. The lowest BCUT2D eigenvalue weighted by molar-refractivity contribution is -0.158. The maximum Gasteiger partial charge on any atom is 0.323 e. The van der Waals surface area contributed by atoms with Crippen LogP contribution in [0.15, 0.2) is 0 Å². The van der Waals surface area contributed by atoms with Crippen LogP contribution in [0, 0.1) is 5.92 Å². The Balaban J connectivity index is 1.85. The van der Waals surface area contributed by atoms with Crippen molar-refractivity contribution < 1.29 is 9.53 Å². The largest absolute Gasteiger partial charge is 0.459 e. The fraction of sp³-hybridized carbons (Fsp3) is 0.909. The lowest BCUT2D eigenvalue weighted by Gasteiger charge is -2.26. The predicted molar refractivity (Wildman–Crippen MR) is 53.9 cm³/mol. The minimum Gasteiger partial charge on any atom is -0.459 e. The zero-order chi connectivity index (χ0) is 10.3. The Labute approximate surface area is 85.2 Å². The Bertz CT molecular complexity index is 244. The van der Waals surface area contributed by atoms with E-state index in [1.165, 1.54) is 12.8 Å². The maximum absolute atomic E-state index is 11.7. The first kappa shape index (κ1) is 9.97. The Morgan fingerprint density at radius 1 is 1.36 bits per heavy atom. The molecule has 0 radical (unpaired) electrons. The first-order valence-corrected chi connectivity index (χ1v) is 5.44. The van der Waals surface area contributed by atoms with Crippen molar-refractivity contribution in [3.05, 3.63) is 0 Å². The Morgan fingerprint density at radius 3 is 2.64 bits per heavy atom. The second kappa shape index (κ2) is 3.23. The molecule has 1 saturated heterocycles. The van der Waals surface area contributed by atoms with Crippen molar-refractivity contribution in [3.63, 3.8) is 0 Å². The molecule has 0 aromatic heterocycles. The van der Waals surface area contributed by atoms with Gasteiger partial charge >= 0.3 is 5.97 Å². The summed E-state index contributed by atoms with van der Waals surface area (Å²) in [5.74, 6) is 0.761. The van der Waals surface area contributed by atoms with Crippen molar-refractivity contribution >= 4 is 5.97 Å². The molecule has 3 heteroatoms. The van der Waals surface area contributed by atoms with E-state index >= 15 is 0 Å². The molecular weight excluding hydrogens is 178 g/mol. The molecule has 0 spiro atoms. The molecule has 80 valence electrons. The highest BCUT2D eigenvalue weighted by Crippen LogP contribution is 2.39. The second-order valence-corrected chi connectivity index (χ2v) is 5.43. The SMILES string of the molecule is CC(C)(C)OC(=O)C1CCC2CC2N1. The van der Waals surface area contributed by atoms with Crippen molar-refractivity contribution in [1.29, 1.82) is 0 Å². The van der Waals surface area contributed by atoms with E-state index in [-0.39, 0.29) is 17.6 Å². The van der Waals surface area contributed by atoms with Crippen molar-refractivity contribution in [2.45, 2.75) is 57.7 Å². The molecule has 0 amide bonds. The van der Waals surface area contributed by atoms with Crippen LogP contribution in [-0.2, 0) is 9.53 Å². The highest BCUT2D eigenvalue weighted by molar-refractivity contribution is 5.76. The number of ether oxygens (including phenoxy) is 1. The van der Waals surface area contributed by atoms with Crippen molar-refractivity contribution in [1.82, 2.24) is 5.32 Å². The van der Waals surface area contributed by atoms with E-state index in [2.05, 4.69) is 5.32 Å². The minimum absolute atomic E-state index is 0.0574. The molecule has 3 atom stereocenters. The van der Waals surface area contributed by atoms with Crippen LogP contribution in [0.1, 0.15) is 40.0 Å². The van der Waals surface area contributed by atoms with Gasteiger partial charge in [-0.05, 0) is 46.0 Å². The normalized spacial score (nSPS) is 36.1. The summed E-state index contributed by atoms with van der Waals surface area (Å²) in [4.78, 5) is 11.7. The van der Waals surface area contributed by atoms with Crippen molar-refractivity contribution in [2.24, 2.45) is 5.92 Å². The monoisotopic (exact) mass is 197 g/mol. The summed E-state index contributed by atoms with van der Waals surface area (Å²) < 4.78 is 5.34. The third-order valence-electron chi connectivity index (χ3n) is 2.86. The van der Waals surface area contributed by atoms with E-state index < -0.39 is 0 Å². The van der Waals surface area contributed by atoms with E-state index in [9.17, 15) is 4.79 Å². The van der Waals surface area contributed by atoms with Crippen molar-refractivity contribution in [3.8, 4) is 0 Å². The first-order chi connectivity index (χ1) is 6.46. The van der Waals surface area contributed by atoms with Crippen LogP contribution in [-0.4, -0.2) is 23.7 Å². The van der Waals surface area contributed by atoms with Crippen LogP contribution in [0.4, 0.5) is 0 Å². The van der Waals surface area contributed by atoms with Crippen LogP contribution in [0.3, 0.4) is 0 Å². The number of nitrogens with one attached hydrogen (secondary N) is 1. The summed E-state index contributed by atoms with van der Waals surface area (Å²) in [6, 6.07) is 0.541. The molecular formula is C11H19NO2. The van der Waals surface area contributed by atoms with Crippen LogP contribution >= 0.6 is 0 Å². The molecule has 0 bridgehead atoms. The van der Waals surface area contributed by atoms with Gasteiger partial charge in [-0.25, -0.2) is 0 Å². The predicted octanol–water partition coefficient (Wildman–Crippen LogP) is 1.47. The van der Waals surface area contributed by atoms with E-state index in [4.69, 9.17) is 4.74 Å². The van der Waals surface area contributed by atoms with Crippen LogP contribution < -0.4 is 5.32 Å². The van der Waals surface area contributed by atoms with Crippen LogP contribution in [0.2, 0.25) is 0 Å². The van der Waals surface area contributed by atoms with Gasteiger partial charge in [-0.1, -0.05) is 0 Å². The van der Waals surface area contributed by atoms with Gasteiger partial charge in [0.25, 0.3) is 0 Å². The summed E-state index contributed by atoms with van der Waals surface area (Å²) >= 11 is 0. The van der Waals surface area contributed by atoms with Gasteiger partial charge in [0.1, 0.15) is 11.6 Å². The minimum atomic E-state index is -0.362. The number of fused-ring (bicyclic) bond motifs is 1. The average molecular weight is 197 g/mol. The second-order valence-electron chi connectivity index (χ2n) is 5.43. The third-order valence-corrected chi connectivity index (χ3v) is 2.86. The number of hydrogen-bond acceptors (Lipinski definition) is 3. The summed E-state index contributed by atoms with van der Waals surface area (Å²) in [5.41, 5.74) is -0.362. The Kier molecular flexibility index (Phi) is 2.30. The number of carbonyl (C=O) groups is 1. The van der Waals surface area contributed by atoms with Crippen LogP contribution in [0.25, 0.3) is 0 Å². The fourth-order valence-corrected chi connectivity index (χ4v) is 2.05. The number of hydrogen-bond donors (Lipinski definition) is 1. The van der Waals surface area contributed by atoms with Gasteiger partial charge in [0.2, 0.25) is 0 Å². The van der Waals surface area contributed by atoms with E-state index in [0.717, 1.165) is 12.3 Å². The molecule has 0 aromatic rings. The highest BCUT2D eigenvalue weighted by Gasteiger charge is 2.44. The molecule has 1 aliphatic carbocycles. The number of piperidine rings is 1. The lowest BCUT2D eigenvalue weighted by atomic mass is 10.0. The smallest absolute Gasteiger partial charge is 0.323 e. The Morgan fingerprint density at radius 2 is 2.07 bits per heavy atom. The first-order valence-electron chi connectivity index (χ1n) is 5.44. The molecule has 3 nitrogen and oxygen atoms in total. The molecule has 2 fully saturated rings. The molecule has 14 heavy (non-hydrogen) atoms. The molecule has 0 aromatic carbocycles. The van der Waals surface area contributed by atoms with Crippen molar-refractivity contribution in [2.75, 3.05) is 0 Å². The lowest BCUT2D eigenvalue weighted by Crippen LogP contribution is -2.44. The molecule has 1 N–H and O–H groups in total. The van der Waals surface area contributed by atoms with Gasteiger partial charge in [-0.15, -0.1) is 0 Å².